The summed E-state index contributed by atoms with van der Waals surface area (Å²) in [4.78, 5) is 2.35. The first-order chi connectivity index (χ1) is 10.7. The second-order valence-corrected chi connectivity index (χ2v) is 7.24. The molecule has 0 unspecified atom stereocenters. The molecule has 4 aromatic rings. The van der Waals surface area contributed by atoms with E-state index in [0.717, 1.165) is 11.4 Å². The van der Waals surface area contributed by atoms with Crippen molar-refractivity contribution in [2.45, 2.75) is 13.8 Å². The number of rotatable bonds is 2. The number of thiophene rings is 2. The molecule has 1 aromatic carbocycles. The van der Waals surface area contributed by atoms with Gasteiger partial charge in [-0.05, 0) is 47.9 Å². The van der Waals surface area contributed by atoms with Gasteiger partial charge in [0.25, 0.3) is 0 Å². The van der Waals surface area contributed by atoms with Crippen molar-refractivity contribution in [3.05, 3.63) is 58.3 Å². The number of aryl methyl sites for hydroxylation is 2. The second kappa shape index (κ2) is 5.30. The minimum Gasteiger partial charge on any atom is -0.148 e. The molecule has 0 saturated heterocycles. The highest BCUT2D eigenvalue weighted by Crippen LogP contribution is 2.36. The smallest absolute Gasteiger partial charge is 0.111 e. The zero-order valence-corrected chi connectivity index (χ0v) is 14.0. The molecule has 0 fully saturated rings. The fraction of sp³-hybridized carbons (Fsp3) is 0.111. The number of nitrogens with zero attached hydrogens (tertiary/aromatic N) is 2. The molecule has 2 nitrogen and oxygen atoms in total. The first-order valence-electron chi connectivity index (χ1n) is 7.09. The van der Waals surface area contributed by atoms with Crippen LogP contribution in [0.2, 0.25) is 0 Å². The average molecular weight is 322 g/mol. The van der Waals surface area contributed by atoms with E-state index >= 15 is 0 Å². The Bertz CT molecular complexity index is 887. The molecule has 4 heteroatoms. The van der Waals surface area contributed by atoms with Crippen LogP contribution in [-0.4, -0.2) is 10.2 Å². The molecule has 0 aliphatic rings. The van der Waals surface area contributed by atoms with Gasteiger partial charge in [0.1, 0.15) is 11.4 Å². The maximum atomic E-state index is 4.54. The predicted octanol–water partition coefficient (Wildman–Crippen LogP) is 5.70. The second-order valence-electron chi connectivity index (χ2n) is 5.42. The van der Waals surface area contributed by atoms with E-state index in [1.807, 2.05) is 0 Å². The molecule has 0 saturated carbocycles. The highest BCUT2D eigenvalue weighted by atomic mass is 32.1. The monoisotopic (exact) mass is 322 g/mol. The van der Waals surface area contributed by atoms with E-state index in [9.17, 15) is 0 Å². The van der Waals surface area contributed by atoms with Crippen molar-refractivity contribution in [3.63, 3.8) is 0 Å². The van der Waals surface area contributed by atoms with Gasteiger partial charge in [0.05, 0.1) is 9.75 Å². The van der Waals surface area contributed by atoms with Gasteiger partial charge in [-0.1, -0.05) is 24.3 Å². The third-order valence-electron chi connectivity index (χ3n) is 3.62. The van der Waals surface area contributed by atoms with Gasteiger partial charge in [0.2, 0.25) is 0 Å². The van der Waals surface area contributed by atoms with Gasteiger partial charge in [-0.15, -0.1) is 32.9 Å². The van der Waals surface area contributed by atoms with E-state index in [4.69, 9.17) is 0 Å². The fourth-order valence-corrected chi connectivity index (χ4v) is 4.37. The molecular weight excluding hydrogens is 308 g/mol. The van der Waals surface area contributed by atoms with Crippen LogP contribution in [0.4, 0.5) is 0 Å². The van der Waals surface area contributed by atoms with Gasteiger partial charge in [-0.2, -0.15) is 0 Å². The first kappa shape index (κ1) is 13.6. The van der Waals surface area contributed by atoms with Crippen LogP contribution >= 0.6 is 22.7 Å². The Morgan fingerprint density at radius 2 is 1.18 bits per heavy atom. The molecule has 4 rings (SSSR count). The summed E-state index contributed by atoms with van der Waals surface area (Å²) in [6.45, 7) is 4.22. The Labute approximate surface area is 137 Å². The minimum absolute atomic E-state index is 0.978. The molecule has 0 bridgehead atoms. The summed E-state index contributed by atoms with van der Waals surface area (Å²) < 4.78 is 0. The number of benzene rings is 1. The summed E-state index contributed by atoms with van der Waals surface area (Å²) in [6.07, 6.45) is 0. The number of hydrogen-bond acceptors (Lipinski definition) is 4. The highest BCUT2D eigenvalue weighted by molar-refractivity contribution is 7.14. The lowest BCUT2D eigenvalue weighted by atomic mass is 10.1. The van der Waals surface area contributed by atoms with Crippen LogP contribution in [0.5, 0.6) is 0 Å². The van der Waals surface area contributed by atoms with E-state index in [1.54, 1.807) is 22.7 Å². The van der Waals surface area contributed by atoms with Crippen molar-refractivity contribution in [1.82, 2.24) is 10.2 Å². The van der Waals surface area contributed by atoms with Crippen molar-refractivity contribution in [2.24, 2.45) is 0 Å². The van der Waals surface area contributed by atoms with Crippen LogP contribution in [0, 0.1) is 13.8 Å². The molecule has 108 valence electrons. The van der Waals surface area contributed by atoms with Crippen LogP contribution in [-0.2, 0) is 0 Å². The van der Waals surface area contributed by atoms with Crippen LogP contribution < -0.4 is 0 Å². The molecule has 0 atom stereocenters. The molecule has 22 heavy (non-hydrogen) atoms. The topological polar surface area (TPSA) is 25.8 Å². The molecule has 0 N–H and O–H groups in total. The molecule has 3 aromatic heterocycles. The molecule has 0 amide bonds. The summed E-state index contributed by atoms with van der Waals surface area (Å²) >= 11 is 3.45. The van der Waals surface area contributed by atoms with E-state index in [-0.39, 0.29) is 0 Å². The summed E-state index contributed by atoms with van der Waals surface area (Å²) in [5.74, 6) is 0. The zero-order chi connectivity index (χ0) is 15.1. The van der Waals surface area contributed by atoms with Crippen molar-refractivity contribution in [3.8, 4) is 21.1 Å². The molecule has 0 aliphatic heterocycles. The summed E-state index contributed by atoms with van der Waals surface area (Å²) in [5, 5.41) is 15.7. The summed E-state index contributed by atoms with van der Waals surface area (Å²) in [7, 11) is 0. The molecule has 0 spiro atoms. The quantitative estimate of drug-likeness (QED) is 0.473. The van der Waals surface area contributed by atoms with Gasteiger partial charge >= 0.3 is 0 Å². The molecule has 3 heterocycles. The Hall–Kier alpha value is -2.04. The van der Waals surface area contributed by atoms with E-state index in [1.165, 1.54) is 31.7 Å². The van der Waals surface area contributed by atoms with Gasteiger partial charge in [-0.3, -0.25) is 0 Å². The normalized spacial score (nSPS) is 11.2. The molecule has 0 radical (unpaired) electrons. The van der Waals surface area contributed by atoms with Crippen LogP contribution in [0.1, 0.15) is 11.1 Å². The Morgan fingerprint density at radius 3 is 1.55 bits per heavy atom. The maximum Gasteiger partial charge on any atom is 0.111 e. The fourth-order valence-electron chi connectivity index (χ4n) is 2.58. The lowest BCUT2D eigenvalue weighted by Crippen LogP contribution is -1.92. The van der Waals surface area contributed by atoms with Crippen molar-refractivity contribution >= 4 is 33.4 Å². The lowest BCUT2D eigenvalue weighted by molar-refractivity contribution is 1.07. The Kier molecular flexibility index (Phi) is 3.28. The third kappa shape index (κ3) is 2.25. The minimum atomic E-state index is 0.978. The standard InChI is InChI=1S/C18H14N2S2/c1-11-7-15(21-9-11)17-13-5-3-4-6-14(13)18(20-19-17)16-8-12(2)10-22-16/h3-10H,1-2H3. The highest BCUT2D eigenvalue weighted by Gasteiger charge is 2.14. The van der Waals surface area contributed by atoms with E-state index in [0.29, 0.717) is 0 Å². The molecular formula is C18H14N2S2. The van der Waals surface area contributed by atoms with Gasteiger partial charge in [0, 0.05) is 10.8 Å². The third-order valence-corrected chi connectivity index (χ3v) is 5.72. The van der Waals surface area contributed by atoms with Crippen molar-refractivity contribution in [1.29, 1.82) is 0 Å². The average Bonchev–Trinajstić information content (AvgIpc) is 3.15. The Morgan fingerprint density at radius 1 is 0.727 bits per heavy atom. The van der Waals surface area contributed by atoms with Gasteiger partial charge in [0.15, 0.2) is 0 Å². The maximum absolute atomic E-state index is 4.54. The zero-order valence-electron chi connectivity index (χ0n) is 12.3. The van der Waals surface area contributed by atoms with Gasteiger partial charge < -0.3 is 0 Å². The number of hydrogen-bond donors (Lipinski definition) is 0. The van der Waals surface area contributed by atoms with Crippen molar-refractivity contribution in [2.75, 3.05) is 0 Å². The number of fused-ring (bicyclic) bond motifs is 1. The van der Waals surface area contributed by atoms with Crippen LogP contribution in [0.3, 0.4) is 0 Å². The largest absolute Gasteiger partial charge is 0.148 e. The molecule has 0 aliphatic carbocycles. The first-order valence-corrected chi connectivity index (χ1v) is 8.85. The van der Waals surface area contributed by atoms with Crippen LogP contribution in [0.15, 0.2) is 47.2 Å². The van der Waals surface area contributed by atoms with E-state index < -0.39 is 0 Å². The SMILES string of the molecule is Cc1csc(-c2nnc(-c3cc(C)cs3)c3ccccc23)c1. The lowest BCUT2D eigenvalue weighted by Gasteiger charge is -2.07. The van der Waals surface area contributed by atoms with Crippen LogP contribution in [0.25, 0.3) is 31.9 Å². The summed E-state index contributed by atoms with van der Waals surface area (Å²) in [6, 6.07) is 12.8. The Balaban J connectivity index is 1.99. The summed E-state index contributed by atoms with van der Waals surface area (Å²) in [5.41, 5.74) is 4.49. The predicted molar refractivity (Wildman–Crippen MR) is 95.6 cm³/mol. The number of aromatic nitrogens is 2. The van der Waals surface area contributed by atoms with E-state index in [2.05, 4.69) is 71.2 Å². The van der Waals surface area contributed by atoms with Gasteiger partial charge in [-0.25, -0.2) is 0 Å². The van der Waals surface area contributed by atoms with Crippen molar-refractivity contribution < 1.29 is 0 Å².